The molecule has 2 nitrogen and oxygen atoms in total. The summed E-state index contributed by atoms with van der Waals surface area (Å²) < 4.78 is 5.89. The lowest BCUT2D eigenvalue weighted by molar-refractivity contribution is -0.0589. The Morgan fingerprint density at radius 1 is 0.895 bits per heavy atom. The number of morpholine rings is 1. The molecule has 1 aliphatic heterocycles. The number of rotatable bonds is 11. The molecule has 0 aliphatic carbocycles. The van der Waals surface area contributed by atoms with E-state index in [9.17, 15) is 0 Å². The monoisotopic (exact) mass is 269 g/mol. The van der Waals surface area contributed by atoms with Gasteiger partial charge in [0.1, 0.15) is 0 Å². The maximum Gasteiger partial charge on any atom is 0.0778 e. The normalized spacial score (nSPS) is 23.7. The van der Waals surface area contributed by atoms with Crippen molar-refractivity contribution in [3.05, 3.63) is 0 Å². The van der Waals surface area contributed by atoms with Crippen LogP contribution in [0, 0.1) is 0 Å². The smallest absolute Gasteiger partial charge is 0.0778 e. The summed E-state index contributed by atoms with van der Waals surface area (Å²) in [6.45, 7) is 7.48. The van der Waals surface area contributed by atoms with Crippen molar-refractivity contribution in [2.24, 2.45) is 0 Å². The maximum absolute atomic E-state index is 5.89. The van der Waals surface area contributed by atoms with E-state index in [-0.39, 0.29) is 5.60 Å². The average Bonchev–Trinajstić information content (AvgIpc) is 2.42. The molecular formula is C17H35NO. The Morgan fingerprint density at radius 2 is 1.47 bits per heavy atom. The largest absolute Gasteiger partial charge is 0.373 e. The fraction of sp³-hybridized carbons (Fsp3) is 1.00. The molecule has 0 amide bonds. The third-order valence-electron chi connectivity index (χ3n) is 4.29. The minimum Gasteiger partial charge on any atom is -0.373 e. The molecule has 1 aliphatic rings. The van der Waals surface area contributed by atoms with Crippen molar-refractivity contribution < 1.29 is 4.74 Å². The molecule has 1 N–H and O–H groups in total. The van der Waals surface area contributed by atoms with Crippen LogP contribution in [0.3, 0.4) is 0 Å². The molecule has 0 saturated carbocycles. The maximum atomic E-state index is 5.89. The van der Waals surface area contributed by atoms with Crippen molar-refractivity contribution in [2.45, 2.75) is 90.1 Å². The van der Waals surface area contributed by atoms with Gasteiger partial charge in [-0.2, -0.15) is 0 Å². The first-order valence-electron chi connectivity index (χ1n) is 8.61. The lowest BCUT2D eigenvalue weighted by atomic mass is 9.96. The summed E-state index contributed by atoms with van der Waals surface area (Å²) in [5.41, 5.74) is 0.110. The topological polar surface area (TPSA) is 21.3 Å². The van der Waals surface area contributed by atoms with Crippen LogP contribution >= 0.6 is 0 Å². The average molecular weight is 269 g/mol. The first-order valence-corrected chi connectivity index (χ1v) is 8.61. The molecule has 114 valence electrons. The van der Waals surface area contributed by atoms with Gasteiger partial charge in [-0.3, -0.25) is 0 Å². The van der Waals surface area contributed by atoms with Gasteiger partial charge in [-0.25, -0.2) is 0 Å². The predicted octanol–water partition coefficient (Wildman–Crippen LogP) is 4.68. The molecule has 0 aromatic heterocycles. The quantitative estimate of drug-likeness (QED) is 0.550. The van der Waals surface area contributed by atoms with Gasteiger partial charge in [0.2, 0.25) is 0 Å². The van der Waals surface area contributed by atoms with Gasteiger partial charge in [0.15, 0.2) is 0 Å². The number of hydrogen-bond donors (Lipinski definition) is 1. The Kier molecular flexibility index (Phi) is 9.54. The lowest BCUT2D eigenvalue weighted by Gasteiger charge is -2.34. The van der Waals surface area contributed by atoms with E-state index in [4.69, 9.17) is 4.74 Å². The Bertz CT molecular complexity index is 199. The third kappa shape index (κ3) is 8.65. The molecular weight excluding hydrogens is 234 g/mol. The summed E-state index contributed by atoms with van der Waals surface area (Å²) in [5.74, 6) is 0. The summed E-state index contributed by atoms with van der Waals surface area (Å²) in [7, 11) is 0. The van der Waals surface area contributed by atoms with E-state index in [1.807, 2.05) is 0 Å². The molecule has 0 bridgehead atoms. The van der Waals surface area contributed by atoms with Gasteiger partial charge >= 0.3 is 0 Å². The van der Waals surface area contributed by atoms with Crippen LogP contribution in [0.15, 0.2) is 0 Å². The second kappa shape index (κ2) is 10.7. The van der Waals surface area contributed by atoms with Crippen molar-refractivity contribution in [3.63, 3.8) is 0 Å². The van der Waals surface area contributed by atoms with Crippen molar-refractivity contribution in [2.75, 3.05) is 19.7 Å². The first-order chi connectivity index (χ1) is 9.27. The molecule has 0 radical (unpaired) electrons. The fourth-order valence-electron chi connectivity index (χ4n) is 2.92. The number of ether oxygens (including phenoxy) is 1. The molecule has 1 heterocycles. The SMILES string of the molecule is CCCCCCCCCCCCC1(C)CNCCO1. The predicted molar refractivity (Wildman–Crippen MR) is 83.7 cm³/mol. The van der Waals surface area contributed by atoms with Gasteiger partial charge in [0.25, 0.3) is 0 Å². The van der Waals surface area contributed by atoms with Crippen LogP contribution in [-0.2, 0) is 4.74 Å². The highest BCUT2D eigenvalue weighted by Crippen LogP contribution is 2.21. The zero-order valence-electron chi connectivity index (χ0n) is 13.3. The molecule has 19 heavy (non-hydrogen) atoms. The van der Waals surface area contributed by atoms with Crippen molar-refractivity contribution in [1.29, 1.82) is 0 Å². The van der Waals surface area contributed by atoms with Crippen LogP contribution in [0.5, 0.6) is 0 Å². The van der Waals surface area contributed by atoms with E-state index in [0.29, 0.717) is 0 Å². The van der Waals surface area contributed by atoms with E-state index >= 15 is 0 Å². The molecule has 1 atom stereocenters. The summed E-state index contributed by atoms with van der Waals surface area (Å²) in [5, 5.41) is 3.44. The summed E-state index contributed by atoms with van der Waals surface area (Å²) in [6.07, 6.45) is 15.3. The summed E-state index contributed by atoms with van der Waals surface area (Å²) >= 11 is 0. The number of nitrogens with one attached hydrogen (secondary N) is 1. The molecule has 2 heteroatoms. The fourth-order valence-corrected chi connectivity index (χ4v) is 2.92. The molecule has 0 spiro atoms. The zero-order valence-corrected chi connectivity index (χ0v) is 13.3. The van der Waals surface area contributed by atoms with E-state index in [0.717, 1.165) is 19.7 Å². The van der Waals surface area contributed by atoms with Crippen LogP contribution in [0.25, 0.3) is 0 Å². The standard InChI is InChI=1S/C17H35NO/c1-3-4-5-6-7-8-9-10-11-12-13-17(2)16-18-14-15-19-17/h18H,3-16H2,1-2H3. The van der Waals surface area contributed by atoms with Crippen LogP contribution in [0.4, 0.5) is 0 Å². The summed E-state index contributed by atoms with van der Waals surface area (Å²) in [4.78, 5) is 0. The molecule has 1 unspecified atom stereocenters. The van der Waals surface area contributed by atoms with Crippen molar-refractivity contribution in [3.8, 4) is 0 Å². The second-order valence-corrected chi connectivity index (χ2v) is 6.41. The molecule has 1 rings (SSSR count). The van der Waals surface area contributed by atoms with E-state index in [1.54, 1.807) is 0 Å². The molecule has 0 aromatic carbocycles. The Hall–Kier alpha value is -0.0800. The highest BCUT2D eigenvalue weighted by molar-refractivity contribution is 4.81. The molecule has 0 aromatic rings. The lowest BCUT2D eigenvalue weighted by Crippen LogP contribution is -2.47. The second-order valence-electron chi connectivity index (χ2n) is 6.41. The van der Waals surface area contributed by atoms with Gasteiger partial charge in [-0.1, -0.05) is 71.1 Å². The van der Waals surface area contributed by atoms with Crippen LogP contribution in [0.2, 0.25) is 0 Å². The Morgan fingerprint density at radius 3 is 2.00 bits per heavy atom. The van der Waals surface area contributed by atoms with Crippen LogP contribution < -0.4 is 5.32 Å². The van der Waals surface area contributed by atoms with Crippen LogP contribution in [-0.4, -0.2) is 25.3 Å². The van der Waals surface area contributed by atoms with Gasteiger partial charge in [-0.05, 0) is 13.3 Å². The van der Waals surface area contributed by atoms with Crippen molar-refractivity contribution >= 4 is 0 Å². The van der Waals surface area contributed by atoms with E-state index in [2.05, 4.69) is 19.2 Å². The highest BCUT2D eigenvalue weighted by atomic mass is 16.5. The third-order valence-corrected chi connectivity index (χ3v) is 4.29. The van der Waals surface area contributed by atoms with Crippen LogP contribution in [0.1, 0.15) is 84.5 Å². The van der Waals surface area contributed by atoms with Gasteiger partial charge < -0.3 is 10.1 Å². The first kappa shape index (κ1) is 17.0. The minimum absolute atomic E-state index is 0.110. The molecule has 1 fully saturated rings. The van der Waals surface area contributed by atoms with E-state index in [1.165, 1.54) is 70.6 Å². The Labute approximate surface area is 120 Å². The van der Waals surface area contributed by atoms with Crippen molar-refractivity contribution in [1.82, 2.24) is 5.32 Å². The zero-order chi connectivity index (χ0) is 13.8. The van der Waals surface area contributed by atoms with Gasteiger partial charge in [0, 0.05) is 13.1 Å². The minimum atomic E-state index is 0.110. The van der Waals surface area contributed by atoms with Gasteiger partial charge in [0.05, 0.1) is 12.2 Å². The number of hydrogen-bond acceptors (Lipinski definition) is 2. The van der Waals surface area contributed by atoms with Gasteiger partial charge in [-0.15, -0.1) is 0 Å². The Balaban J connectivity index is 1.83. The summed E-state index contributed by atoms with van der Waals surface area (Å²) in [6, 6.07) is 0. The number of unbranched alkanes of at least 4 members (excludes halogenated alkanes) is 9. The highest BCUT2D eigenvalue weighted by Gasteiger charge is 2.26. The molecule has 1 saturated heterocycles. The van der Waals surface area contributed by atoms with E-state index < -0.39 is 0 Å².